The first-order valence-electron chi connectivity index (χ1n) is 11.6. The van der Waals surface area contributed by atoms with E-state index in [1.54, 1.807) is 35.4 Å². The number of aromatic nitrogens is 3. The summed E-state index contributed by atoms with van der Waals surface area (Å²) in [6, 6.07) is 10.9. The molecule has 184 valence electrons. The topological polar surface area (TPSA) is 98.5 Å². The molecule has 0 spiro atoms. The molecular formula is C26H25N5O3S2. The Hall–Kier alpha value is -3.50. The van der Waals surface area contributed by atoms with E-state index in [1.165, 1.54) is 16.6 Å². The number of thiophene rings is 1. The molecule has 8 nitrogen and oxygen atoms in total. The van der Waals surface area contributed by atoms with E-state index in [1.807, 2.05) is 43.3 Å². The number of hydrogen-bond acceptors (Lipinski definition) is 8. The summed E-state index contributed by atoms with van der Waals surface area (Å²) >= 11 is 2.82. The summed E-state index contributed by atoms with van der Waals surface area (Å²) in [6.45, 7) is 1.82. The molecule has 1 amide bonds. The summed E-state index contributed by atoms with van der Waals surface area (Å²) in [5.41, 5.74) is 5.86. The molecule has 0 radical (unpaired) electrons. The van der Waals surface area contributed by atoms with Crippen LogP contribution in [0.2, 0.25) is 0 Å². The molecule has 36 heavy (non-hydrogen) atoms. The minimum atomic E-state index is -0.283. The van der Waals surface area contributed by atoms with Crippen LogP contribution in [-0.4, -0.2) is 39.0 Å². The lowest BCUT2D eigenvalue weighted by atomic mass is 9.97. The zero-order valence-electron chi connectivity index (χ0n) is 20.0. The predicted molar refractivity (Wildman–Crippen MR) is 144 cm³/mol. The molecule has 0 saturated heterocycles. The smallest absolute Gasteiger partial charge is 0.267 e. The van der Waals surface area contributed by atoms with E-state index in [4.69, 9.17) is 9.72 Å². The minimum Gasteiger partial charge on any atom is -0.497 e. The van der Waals surface area contributed by atoms with Crippen LogP contribution >= 0.6 is 23.1 Å². The van der Waals surface area contributed by atoms with Gasteiger partial charge in [0.05, 0.1) is 29.6 Å². The number of hydrogen-bond donors (Lipinski definition) is 1. The monoisotopic (exact) mass is 519 g/mol. The van der Waals surface area contributed by atoms with E-state index < -0.39 is 0 Å². The number of fused-ring (bicyclic) bond motifs is 3. The number of amides is 1. The Kier molecular flexibility index (Phi) is 7.15. The van der Waals surface area contributed by atoms with Gasteiger partial charge in [-0.25, -0.2) is 10.4 Å². The zero-order chi connectivity index (χ0) is 25.1. The number of rotatable bonds is 7. The molecule has 3 aromatic heterocycles. The number of thioether (sulfide) groups is 1. The molecule has 0 atom stereocenters. The van der Waals surface area contributed by atoms with E-state index in [-0.39, 0.29) is 17.2 Å². The van der Waals surface area contributed by atoms with E-state index in [0.29, 0.717) is 27.7 Å². The second-order valence-corrected chi connectivity index (χ2v) is 10.4. The Bertz CT molecular complexity index is 1490. The van der Waals surface area contributed by atoms with Crippen molar-refractivity contribution in [2.24, 2.45) is 5.10 Å². The van der Waals surface area contributed by atoms with E-state index >= 15 is 0 Å². The van der Waals surface area contributed by atoms with Crippen molar-refractivity contribution in [1.29, 1.82) is 0 Å². The first kappa shape index (κ1) is 24.2. The molecule has 1 N–H and O–H groups in total. The van der Waals surface area contributed by atoms with Gasteiger partial charge in [-0.3, -0.25) is 19.1 Å². The number of pyridine rings is 1. The molecule has 10 heteroatoms. The summed E-state index contributed by atoms with van der Waals surface area (Å²) in [6.07, 6.45) is 7.45. The van der Waals surface area contributed by atoms with Gasteiger partial charge >= 0.3 is 0 Å². The lowest BCUT2D eigenvalue weighted by Gasteiger charge is -2.14. The maximum Gasteiger partial charge on any atom is 0.267 e. The van der Waals surface area contributed by atoms with Gasteiger partial charge in [-0.1, -0.05) is 11.8 Å². The Morgan fingerprint density at radius 2 is 1.92 bits per heavy atom. The summed E-state index contributed by atoms with van der Waals surface area (Å²) in [4.78, 5) is 37.3. The summed E-state index contributed by atoms with van der Waals surface area (Å²) in [5, 5.41) is 5.37. The van der Waals surface area contributed by atoms with Crippen LogP contribution in [0.5, 0.6) is 5.75 Å². The van der Waals surface area contributed by atoms with Gasteiger partial charge in [0.1, 0.15) is 10.6 Å². The lowest BCUT2D eigenvalue weighted by molar-refractivity contribution is -0.118. The molecule has 0 unspecified atom stereocenters. The normalized spacial score (nSPS) is 13.4. The fourth-order valence-corrected chi connectivity index (χ4v) is 6.32. The van der Waals surface area contributed by atoms with E-state index in [2.05, 4.69) is 15.5 Å². The first-order valence-corrected chi connectivity index (χ1v) is 13.4. The van der Waals surface area contributed by atoms with Crippen LogP contribution in [0.15, 0.2) is 63.8 Å². The third-order valence-corrected chi connectivity index (χ3v) is 8.19. The van der Waals surface area contributed by atoms with Crippen molar-refractivity contribution in [3.63, 3.8) is 0 Å². The molecule has 0 aliphatic heterocycles. The second-order valence-electron chi connectivity index (χ2n) is 8.38. The van der Waals surface area contributed by atoms with Gasteiger partial charge in [0.2, 0.25) is 0 Å². The molecule has 1 aromatic carbocycles. The van der Waals surface area contributed by atoms with Gasteiger partial charge in [-0.2, -0.15) is 5.10 Å². The molecular weight excluding hydrogens is 494 g/mol. The largest absolute Gasteiger partial charge is 0.497 e. The van der Waals surface area contributed by atoms with Crippen molar-refractivity contribution < 1.29 is 9.53 Å². The number of hydrazone groups is 1. The highest BCUT2D eigenvalue weighted by Crippen LogP contribution is 2.35. The molecule has 0 bridgehead atoms. The number of benzene rings is 1. The van der Waals surface area contributed by atoms with Crippen molar-refractivity contribution in [1.82, 2.24) is 20.0 Å². The van der Waals surface area contributed by atoms with Crippen molar-refractivity contribution in [3.05, 3.63) is 75.1 Å². The maximum absolute atomic E-state index is 13.8. The van der Waals surface area contributed by atoms with Gasteiger partial charge in [0.15, 0.2) is 5.16 Å². The number of aryl methyl sites for hydroxylation is 2. The Labute approximate surface area is 216 Å². The molecule has 1 aliphatic carbocycles. The van der Waals surface area contributed by atoms with Crippen LogP contribution in [0.3, 0.4) is 0 Å². The number of ether oxygens (including phenoxy) is 1. The first-order chi connectivity index (χ1) is 17.5. The highest BCUT2D eigenvalue weighted by Gasteiger charge is 2.23. The summed E-state index contributed by atoms with van der Waals surface area (Å²) in [7, 11) is 1.60. The Balaban J connectivity index is 1.46. The SMILES string of the molecule is COc1ccc(-n2c(SCC(=O)NN=C(C)c3ccncc3)nc3sc4c(c3c2=O)CCCC4)cc1. The summed E-state index contributed by atoms with van der Waals surface area (Å²) in [5.74, 6) is 0.478. The van der Waals surface area contributed by atoms with Crippen LogP contribution in [0.4, 0.5) is 0 Å². The van der Waals surface area contributed by atoms with Crippen molar-refractivity contribution in [2.75, 3.05) is 12.9 Å². The summed E-state index contributed by atoms with van der Waals surface area (Å²) < 4.78 is 6.88. The fourth-order valence-electron chi connectivity index (χ4n) is 4.21. The van der Waals surface area contributed by atoms with Gasteiger partial charge in [0.25, 0.3) is 11.5 Å². The number of carbonyl (C=O) groups is 1. The maximum atomic E-state index is 13.8. The second kappa shape index (κ2) is 10.6. The molecule has 3 heterocycles. The molecule has 1 aliphatic rings. The lowest BCUT2D eigenvalue weighted by Crippen LogP contribution is -2.24. The standard InChI is InChI=1S/C26H25N5O3S2/c1-16(17-11-13-27-14-12-17)29-30-22(32)15-35-26-28-24-23(20-5-3-4-6-21(20)36-24)25(33)31(26)18-7-9-19(34-2)10-8-18/h7-14H,3-6,15H2,1-2H3,(H,30,32). The number of carbonyl (C=O) groups excluding carboxylic acids is 1. The van der Waals surface area contributed by atoms with E-state index in [0.717, 1.165) is 41.6 Å². The van der Waals surface area contributed by atoms with Crippen molar-refractivity contribution in [2.45, 2.75) is 37.8 Å². The van der Waals surface area contributed by atoms with Crippen LogP contribution < -0.4 is 15.7 Å². The number of methoxy groups -OCH3 is 1. The van der Waals surface area contributed by atoms with Crippen molar-refractivity contribution >= 4 is 44.9 Å². The molecule has 4 aromatic rings. The van der Waals surface area contributed by atoms with Gasteiger partial charge in [-0.15, -0.1) is 11.3 Å². The van der Waals surface area contributed by atoms with Gasteiger partial charge in [-0.05, 0) is 74.6 Å². The molecule has 0 saturated carbocycles. The van der Waals surface area contributed by atoms with Crippen molar-refractivity contribution in [3.8, 4) is 11.4 Å². The fraction of sp³-hybridized carbons (Fsp3) is 0.269. The van der Waals surface area contributed by atoms with E-state index in [9.17, 15) is 9.59 Å². The molecule has 5 rings (SSSR count). The van der Waals surface area contributed by atoms with Crippen LogP contribution in [-0.2, 0) is 17.6 Å². The van der Waals surface area contributed by atoms with Gasteiger partial charge < -0.3 is 4.74 Å². The average Bonchev–Trinajstić information content (AvgIpc) is 3.30. The number of nitrogens with zero attached hydrogens (tertiary/aromatic N) is 4. The third kappa shape index (κ3) is 4.91. The Morgan fingerprint density at radius 3 is 2.67 bits per heavy atom. The van der Waals surface area contributed by atoms with Crippen LogP contribution in [0.25, 0.3) is 15.9 Å². The highest BCUT2D eigenvalue weighted by atomic mass is 32.2. The van der Waals surface area contributed by atoms with Crippen LogP contribution in [0, 0.1) is 0 Å². The Morgan fingerprint density at radius 1 is 1.17 bits per heavy atom. The molecule has 0 fully saturated rings. The third-order valence-electron chi connectivity index (χ3n) is 6.07. The predicted octanol–water partition coefficient (Wildman–Crippen LogP) is 4.36. The van der Waals surface area contributed by atoms with Crippen LogP contribution in [0.1, 0.15) is 35.8 Å². The van der Waals surface area contributed by atoms with Gasteiger partial charge in [0, 0.05) is 22.8 Å². The quantitative estimate of drug-likeness (QED) is 0.169. The number of nitrogens with one attached hydrogen (secondary N) is 1. The average molecular weight is 520 g/mol. The zero-order valence-corrected chi connectivity index (χ0v) is 21.6. The highest BCUT2D eigenvalue weighted by molar-refractivity contribution is 7.99. The minimum absolute atomic E-state index is 0.0618.